The summed E-state index contributed by atoms with van der Waals surface area (Å²) in [6.45, 7) is -0.792. The van der Waals surface area contributed by atoms with Crippen molar-refractivity contribution in [3.8, 4) is 0 Å². The summed E-state index contributed by atoms with van der Waals surface area (Å²) in [7, 11) is -3.55. The predicted molar refractivity (Wildman–Crippen MR) is 111 cm³/mol. The molecule has 0 fully saturated rings. The number of aliphatic hydroxyl groups excluding tert-OH is 2. The van der Waals surface area contributed by atoms with Crippen LogP contribution in [0.5, 0.6) is 0 Å². The van der Waals surface area contributed by atoms with E-state index in [0.29, 0.717) is 0 Å². The number of hydrogen-bond donors (Lipinski definition) is 5. The van der Waals surface area contributed by atoms with Crippen LogP contribution < -0.4 is 16.2 Å². The Morgan fingerprint density at radius 1 is 1.27 bits per heavy atom. The molecule has 0 saturated heterocycles. The van der Waals surface area contributed by atoms with Crippen LogP contribution in [-0.4, -0.2) is 70.0 Å². The number of aliphatic hydroxyl groups is 2. The molecule has 3 atom stereocenters. The van der Waals surface area contributed by atoms with E-state index in [-0.39, 0.29) is 28.2 Å². The van der Waals surface area contributed by atoms with E-state index < -0.39 is 47.1 Å². The number of fused-ring (bicyclic) bond motifs is 1. The quantitative estimate of drug-likeness (QED) is 0.223. The monoisotopic (exact) mass is 485 g/mol. The van der Waals surface area contributed by atoms with Crippen LogP contribution in [0.4, 0.5) is 15.9 Å². The Balaban J connectivity index is 1.68. The number of carbonyl (C=O) groups excluding carboxylic acids is 1. The van der Waals surface area contributed by atoms with Gasteiger partial charge in [-0.3, -0.25) is 13.5 Å². The van der Waals surface area contributed by atoms with Gasteiger partial charge in [-0.05, 0) is 18.2 Å². The molecule has 2 heterocycles. The number of carbonyl (C=O) groups is 1. The zero-order chi connectivity index (χ0) is 24.3. The lowest BCUT2D eigenvalue weighted by Crippen LogP contribution is -2.41. The largest absolute Gasteiger partial charge is 0.398 e. The summed E-state index contributed by atoms with van der Waals surface area (Å²) in [6, 6.07) is 2.77. The third kappa shape index (κ3) is 5.32. The van der Waals surface area contributed by atoms with Gasteiger partial charge >= 0.3 is 10.3 Å². The highest BCUT2D eigenvalue weighted by molar-refractivity contribution is 7.85. The predicted octanol–water partition coefficient (Wildman–Crippen LogP) is -1.31. The number of methoxy groups -OCH3 is 1. The molecule has 0 spiro atoms. The Labute approximate surface area is 186 Å². The zero-order valence-corrected chi connectivity index (χ0v) is 17.8. The van der Waals surface area contributed by atoms with Gasteiger partial charge in [0, 0.05) is 12.8 Å². The van der Waals surface area contributed by atoms with Gasteiger partial charge in [0.2, 0.25) is 0 Å². The Hall–Kier alpha value is -3.44. The molecule has 0 radical (unpaired) electrons. The molecule has 3 aromatic rings. The lowest BCUT2D eigenvalue weighted by molar-refractivity contribution is -0.112. The Bertz CT molecular complexity index is 1270. The molecule has 0 saturated carbocycles. The van der Waals surface area contributed by atoms with Crippen LogP contribution in [0.3, 0.4) is 0 Å². The molecule has 0 aliphatic heterocycles. The molecule has 14 nitrogen and oxygen atoms in total. The number of nitrogens with two attached hydrogens (primary N) is 2. The molecule has 2 aromatic heterocycles. The molecule has 16 heteroatoms. The van der Waals surface area contributed by atoms with E-state index in [2.05, 4.69) is 15.0 Å². The van der Waals surface area contributed by atoms with Crippen LogP contribution in [-0.2, 0) is 19.2 Å². The molecule has 0 aliphatic carbocycles. The van der Waals surface area contributed by atoms with Crippen molar-refractivity contribution in [2.75, 3.05) is 25.2 Å². The molecule has 0 bridgehead atoms. The van der Waals surface area contributed by atoms with E-state index in [1.165, 1.54) is 0 Å². The van der Waals surface area contributed by atoms with Crippen molar-refractivity contribution < 1.29 is 36.7 Å². The van der Waals surface area contributed by atoms with E-state index in [0.717, 1.165) is 42.5 Å². The van der Waals surface area contributed by atoms with Crippen LogP contribution in [0, 0.1) is 5.82 Å². The molecule has 178 valence electrons. The van der Waals surface area contributed by atoms with Gasteiger partial charge in [0.25, 0.3) is 5.91 Å². The third-order valence-corrected chi connectivity index (χ3v) is 5.41. The molecule has 3 rings (SSSR count). The zero-order valence-electron chi connectivity index (χ0n) is 17.0. The summed E-state index contributed by atoms with van der Waals surface area (Å²) >= 11 is 0. The summed E-state index contributed by atoms with van der Waals surface area (Å²) in [4.78, 5) is 23.8. The van der Waals surface area contributed by atoms with E-state index >= 15 is 0 Å². The van der Waals surface area contributed by atoms with Crippen LogP contribution in [0.15, 0.2) is 30.9 Å². The molecule has 33 heavy (non-hydrogen) atoms. The van der Waals surface area contributed by atoms with Crippen molar-refractivity contribution in [1.29, 1.82) is 0 Å². The molecular weight excluding hydrogens is 465 g/mol. The van der Waals surface area contributed by atoms with E-state index in [4.69, 9.17) is 20.4 Å². The number of benzene rings is 1. The summed E-state index contributed by atoms with van der Waals surface area (Å²) < 4.78 is 49.8. The number of imidazole rings is 1. The first-order valence-electron chi connectivity index (χ1n) is 9.12. The highest BCUT2D eigenvalue weighted by Gasteiger charge is 2.31. The maximum atomic E-state index is 13.1. The lowest BCUT2D eigenvalue weighted by atomic mass is 10.2. The van der Waals surface area contributed by atoms with E-state index in [1.807, 2.05) is 0 Å². The van der Waals surface area contributed by atoms with Crippen LogP contribution in [0.1, 0.15) is 16.6 Å². The second kappa shape index (κ2) is 9.59. The number of nitrogens with zero attached hydrogens (tertiary/aromatic N) is 4. The van der Waals surface area contributed by atoms with Gasteiger partial charge in [0.15, 0.2) is 17.7 Å². The number of amides is 1. The van der Waals surface area contributed by atoms with Gasteiger partial charge in [-0.1, -0.05) is 0 Å². The maximum Gasteiger partial charge on any atom is 0.362 e. The fourth-order valence-electron chi connectivity index (χ4n) is 2.82. The minimum atomic E-state index is -4.69. The first-order valence-corrected chi connectivity index (χ1v) is 10.5. The summed E-state index contributed by atoms with van der Waals surface area (Å²) in [5.41, 5.74) is 10.9. The number of anilines is 2. The molecule has 1 aromatic carbocycles. The van der Waals surface area contributed by atoms with Crippen molar-refractivity contribution >= 4 is 38.9 Å². The number of aromatic nitrogens is 4. The van der Waals surface area contributed by atoms with Crippen LogP contribution in [0.25, 0.3) is 11.2 Å². The SMILES string of the molecule is CO[C@H](COS(=O)(=O)NC(=O)c1ccc(F)cc1N)[C@@H](O)[C@@H](O)n1cnc2c(N)ncnc21. The first-order chi connectivity index (χ1) is 15.5. The average molecular weight is 485 g/mol. The van der Waals surface area contributed by atoms with Gasteiger partial charge in [-0.2, -0.15) is 8.42 Å². The van der Waals surface area contributed by atoms with Gasteiger partial charge < -0.3 is 26.4 Å². The Kier molecular flexibility index (Phi) is 7.04. The van der Waals surface area contributed by atoms with Crippen molar-refractivity contribution in [3.05, 3.63) is 42.2 Å². The summed E-state index contributed by atoms with van der Waals surface area (Å²) in [5, 5.41) is 21.0. The Morgan fingerprint density at radius 3 is 2.67 bits per heavy atom. The van der Waals surface area contributed by atoms with E-state index in [1.54, 1.807) is 4.72 Å². The highest BCUT2D eigenvalue weighted by Crippen LogP contribution is 2.22. The molecule has 0 aliphatic rings. The van der Waals surface area contributed by atoms with E-state index in [9.17, 15) is 27.8 Å². The number of hydrogen-bond acceptors (Lipinski definition) is 12. The number of ether oxygens (including phenoxy) is 1. The first kappa shape index (κ1) is 24.2. The number of rotatable bonds is 9. The molecule has 7 N–H and O–H groups in total. The van der Waals surface area contributed by atoms with Gasteiger partial charge in [-0.15, -0.1) is 0 Å². The van der Waals surface area contributed by atoms with Crippen molar-refractivity contribution in [3.63, 3.8) is 0 Å². The molecule has 0 unspecified atom stereocenters. The second-order valence-corrected chi connectivity index (χ2v) is 8.01. The minimum absolute atomic E-state index is 0.0516. The number of nitrogen functional groups attached to an aromatic ring is 2. The van der Waals surface area contributed by atoms with Crippen molar-refractivity contribution in [2.45, 2.75) is 18.4 Å². The average Bonchev–Trinajstić information content (AvgIpc) is 3.18. The normalized spacial score (nSPS) is 14.7. The molecular formula is C17H20FN7O7S. The fourth-order valence-corrected chi connectivity index (χ4v) is 3.53. The standard InChI is InChI=1S/C17H20FN7O7S/c1-31-11(13(26)17(28)25-7-23-12-14(20)21-6-22-15(12)25)5-32-33(29,30)24-16(27)9-3-2-8(18)4-10(9)19/h2-4,6-7,11,13,17,26,28H,5,19H2,1H3,(H,24,27)(H2,20,21,22)/t11-,13-,17-/m1/s1. The fraction of sp³-hybridized carbons (Fsp3) is 0.294. The highest BCUT2D eigenvalue weighted by atomic mass is 32.2. The number of halogens is 1. The van der Waals surface area contributed by atoms with Gasteiger partial charge in [0.1, 0.15) is 29.9 Å². The maximum absolute atomic E-state index is 13.1. The van der Waals surface area contributed by atoms with Crippen LogP contribution >= 0.6 is 0 Å². The smallest absolute Gasteiger partial charge is 0.362 e. The van der Waals surface area contributed by atoms with Gasteiger partial charge in [-0.25, -0.2) is 24.1 Å². The van der Waals surface area contributed by atoms with Crippen molar-refractivity contribution in [1.82, 2.24) is 24.2 Å². The van der Waals surface area contributed by atoms with Crippen molar-refractivity contribution in [2.24, 2.45) is 0 Å². The van der Waals surface area contributed by atoms with Gasteiger partial charge in [0.05, 0.1) is 18.5 Å². The second-order valence-electron chi connectivity index (χ2n) is 6.66. The topological polar surface area (TPSA) is 218 Å². The van der Waals surface area contributed by atoms with Crippen LogP contribution in [0.2, 0.25) is 0 Å². The lowest BCUT2D eigenvalue weighted by Gasteiger charge is -2.26. The molecule has 1 amide bonds. The number of nitrogens with one attached hydrogen (secondary N) is 1. The third-order valence-electron chi connectivity index (χ3n) is 4.52. The minimum Gasteiger partial charge on any atom is -0.398 e. The summed E-state index contributed by atoms with van der Waals surface area (Å²) in [6.07, 6.45) is -2.49. The Morgan fingerprint density at radius 2 is 2.00 bits per heavy atom. The summed E-state index contributed by atoms with van der Waals surface area (Å²) in [5.74, 6) is -1.82.